The molecule has 2 N–H and O–H groups in total. The van der Waals surface area contributed by atoms with Crippen LogP contribution in [0.3, 0.4) is 0 Å². The predicted octanol–water partition coefficient (Wildman–Crippen LogP) is 5.03. The first-order chi connectivity index (χ1) is 15.7. The van der Waals surface area contributed by atoms with Crippen molar-refractivity contribution in [3.8, 4) is 11.5 Å². The van der Waals surface area contributed by atoms with Gasteiger partial charge in [0.2, 0.25) is 0 Å². The molecule has 0 amide bonds. The van der Waals surface area contributed by atoms with E-state index in [2.05, 4.69) is 72.8 Å². The van der Waals surface area contributed by atoms with Gasteiger partial charge < -0.3 is 10.2 Å². The Labute approximate surface area is 190 Å². The molecule has 0 aromatic heterocycles. The molecule has 6 rings (SSSR count). The molecular formula is C29H25O2P. The van der Waals surface area contributed by atoms with Gasteiger partial charge >= 0.3 is 0 Å². The first kappa shape index (κ1) is 19.6. The molecule has 1 spiro atoms. The molecule has 1 atom stereocenters. The van der Waals surface area contributed by atoms with Gasteiger partial charge in [-0.25, -0.2) is 0 Å². The maximum atomic E-state index is 11.1. The summed E-state index contributed by atoms with van der Waals surface area (Å²) in [6.45, 7) is 0. The molecule has 32 heavy (non-hydrogen) atoms. The summed E-state index contributed by atoms with van der Waals surface area (Å²) in [5.41, 5.74) is 4.30. The van der Waals surface area contributed by atoms with Gasteiger partial charge in [0.25, 0.3) is 0 Å². The van der Waals surface area contributed by atoms with Crippen LogP contribution in [-0.4, -0.2) is 10.2 Å². The van der Waals surface area contributed by atoms with Crippen LogP contribution in [0.2, 0.25) is 0 Å². The van der Waals surface area contributed by atoms with Crippen LogP contribution in [0.25, 0.3) is 0 Å². The molecule has 4 aromatic rings. The predicted molar refractivity (Wildman–Crippen MR) is 132 cm³/mol. The van der Waals surface area contributed by atoms with Gasteiger partial charge in [-0.1, -0.05) is 72.8 Å². The lowest BCUT2D eigenvalue weighted by molar-refractivity contribution is 0.416. The molecule has 4 aromatic carbocycles. The lowest BCUT2D eigenvalue weighted by atomic mass is 9.76. The number of hydrogen-bond acceptors (Lipinski definition) is 2. The second-order valence-corrected chi connectivity index (χ2v) is 11.0. The van der Waals surface area contributed by atoms with Crippen molar-refractivity contribution in [1.29, 1.82) is 0 Å². The highest BCUT2D eigenvalue weighted by Gasteiger charge is 2.49. The number of rotatable bonds is 3. The summed E-state index contributed by atoms with van der Waals surface area (Å²) in [5.74, 6) is 0.736. The van der Waals surface area contributed by atoms with Gasteiger partial charge in [0.1, 0.15) is 11.5 Å². The number of aryl methyl sites for hydroxylation is 1. The van der Waals surface area contributed by atoms with E-state index in [1.54, 1.807) is 6.07 Å². The maximum Gasteiger partial charge on any atom is 0.119 e. The van der Waals surface area contributed by atoms with Gasteiger partial charge in [0, 0.05) is 16.5 Å². The van der Waals surface area contributed by atoms with E-state index < -0.39 is 7.92 Å². The fourth-order valence-electron chi connectivity index (χ4n) is 5.99. The zero-order valence-corrected chi connectivity index (χ0v) is 18.7. The number of phenols is 2. The quantitative estimate of drug-likeness (QED) is 0.442. The van der Waals surface area contributed by atoms with E-state index in [0.717, 1.165) is 36.8 Å². The largest absolute Gasteiger partial charge is 0.508 e. The number of hydrogen-bond donors (Lipinski definition) is 2. The van der Waals surface area contributed by atoms with Crippen LogP contribution in [0.4, 0.5) is 0 Å². The Hall–Kier alpha value is -3.09. The van der Waals surface area contributed by atoms with Crippen molar-refractivity contribution in [2.24, 2.45) is 0 Å². The van der Waals surface area contributed by atoms with Crippen molar-refractivity contribution in [1.82, 2.24) is 0 Å². The Bertz CT molecular complexity index is 1260. The summed E-state index contributed by atoms with van der Waals surface area (Å²) in [7, 11) is -0.741. The normalized spacial score (nSPS) is 18.8. The second kappa shape index (κ2) is 7.50. The van der Waals surface area contributed by atoms with Crippen LogP contribution < -0.4 is 15.9 Å². The average Bonchev–Trinajstić information content (AvgIpc) is 3.40. The molecular weight excluding hydrogens is 411 g/mol. The van der Waals surface area contributed by atoms with Gasteiger partial charge in [0.15, 0.2) is 0 Å². The Morgan fingerprint density at radius 1 is 0.594 bits per heavy atom. The first-order valence-corrected chi connectivity index (χ1v) is 12.6. The van der Waals surface area contributed by atoms with Crippen molar-refractivity contribution in [2.45, 2.75) is 31.1 Å². The van der Waals surface area contributed by atoms with Crippen molar-refractivity contribution < 1.29 is 10.2 Å². The van der Waals surface area contributed by atoms with Gasteiger partial charge in [-0.3, -0.25) is 0 Å². The van der Waals surface area contributed by atoms with E-state index in [4.69, 9.17) is 0 Å². The zero-order chi connectivity index (χ0) is 21.7. The standard InChI is InChI=1S/C29H25O2P/c30-24-13-7-8-20-16-18-29(27(20)24)19-17-23-26(15-14-25(31)28(23)29)32(21-9-3-1-4-10-21)22-11-5-2-6-12-22/h1-15,30-31H,16-19H2/t29-/m0/s1. The molecule has 0 unspecified atom stereocenters. The molecule has 2 aliphatic rings. The summed E-state index contributed by atoms with van der Waals surface area (Å²) in [6, 6.07) is 31.4. The average molecular weight is 436 g/mol. The third-order valence-corrected chi connectivity index (χ3v) is 9.77. The van der Waals surface area contributed by atoms with E-state index in [0.29, 0.717) is 11.5 Å². The minimum absolute atomic E-state index is 0.287. The Balaban J connectivity index is 1.59. The monoisotopic (exact) mass is 436 g/mol. The Morgan fingerprint density at radius 2 is 1.22 bits per heavy atom. The van der Waals surface area contributed by atoms with Crippen molar-refractivity contribution in [3.05, 3.63) is 113 Å². The molecule has 0 fully saturated rings. The summed E-state index contributed by atoms with van der Waals surface area (Å²) < 4.78 is 0. The fraction of sp³-hybridized carbons (Fsp3) is 0.172. The van der Waals surface area contributed by atoms with Gasteiger partial charge in [-0.05, 0) is 78.8 Å². The highest BCUT2D eigenvalue weighted by molar-refractivity contribution is 7.79. The molecule has 0 radical (unpaired) electrons. The zero-order valence-electron chi connectivity index (χ0n) is 17.8. The van der Waals surface area contributed by atoms with Crippen molar-refractivity contribution >= 4 is 23.8 Å². The number of aromatic hydroxyl groups is 2. The highest BCUT2D eigenvalue weighted by Crippen LogP contribution is 2.57. The maximum absolute atomic E-state index is 11.1. The molecule has 0 heterocycles. The van der Waals surface area contributed by atoms with Gasteiger partial charge in [0.05, 0.1) is 0 Å². The molecule has 2 aliphatic carbocycles. The smallest absolute Gasteiger partial charge is 0.119 e. The van der Waals surface area contributed by atoms with E-state index in [1.807, 2.05) is 12.1 Å². The summed E-state index contributed by atoms with van der Waals surface area (Å²) in [5, 5.41) is 25.9. The third-order valence-electron chi connectivity index (χ3n) is 7.24. The van der Waals surface area contributed by atoms with Crippen LogP contribution in [0.15, 0.2) is 91.0 Å². The summed E-state index contributed by atoms with van der Waals surface area (Å²) in [6.07, 6.45) is 3.74. The first-order valence-electron chi connectivity index (χ1n) is 11.3. The summed E-state index contributed by atoms with van der Waals surface area (Å²) >= 11 is 0. The van der Waals surface area contributed by atoms with Crippen molar-refractivity contribution in [3.63, 3.8) is 0 Å². The topological polar surface area (TPSA) is 40.5 Å². The number of benzene rings is 4. The minimum atomic E-state index is -0.741. The number of fused-ring (bicyclic) bond motifs is 4. The lowest BCUT2D eigenvalue weighted by Gasteiger charge is -2.29. The second-order valence-electron chi connectivity index (χ2n) is 8.86. The van der Waals surface area contributed by atoms with E-state index in [-0.39, 0.29) is 5.41 Å². The van der Waals surface area contributed by atoms with Crippen molar-refractivity contribution in [2.75, 3.05) is 0 Å². The molecule has 0 aliphatic heterocycles. The van der Waals surface area contributed by atoms with E-state index in [9.17, 15) is 10.2 Å². The molecule has 0 saturated carbocycles. The molecule has 0 saturated heterocycles. The molecule has 2 nitrogen and oxygen atoms in total. The molecule has 3 heteroatoms. The number of phenolic OH excluding ortho intramolecular Hbond substituents is 2. The molecule has 158 valence electrons. The summed E-state index contributed by atoms with van der Waals surface area (Å²) in [4.78, 5) is 0. The SMILES string of the molecule is Oc1cccc2c1[C@]1(CC2)CCc2c(P(c3ccccc3)c3ccccc3)ccc(O)c21. The minimum Gasteiger partial charge on any atom is -0.508 e. The van der Waals surface area contributed by atoms with Gasteiger partial charge in [-0.15, -0.1) is 0 Å². The highest BCUT2D eigenvalue weighted by atomic mass is 31.1. The molecule has 0 bridgehead atoms. The lowest BCUT2D eigenvalue weighted by Crippen LogP contribution is -2.25. The fourth-order valence-corrected chi connectivity index (χ4v) is 8.50. The van der Waals surface area contributed by atoms with Crippen LogP contribution in [0, 0.1) is 0 Å². The van der Waals surface area contributed by atoms with E-state index >= 15 is 0 Å². The van der Waals surface area contributed by atoms with Crippen LogP contribution >= 0.6 is 7.92 Å². The Kier molecular flexibility index (Phi) is 4.59. The van der Waals surface area contributed by atoms with Gasteiger partial charge in [-0.2, -0.15) is 0 Å². The van der Waals surface area contributed by atoms with Crippen LogP contribution in [-0.2, 0) is 18.3 Å². The third kappa shape index (κ3) is 2.83. The Morgan fingerprint density at radius 3 is 1.91 bits per heavy atom. The van der Waals surface area contributed by atoms with Crippen LogP contribution in [0.5, 0.6) is 11.5 Å². The van der Waals surface area contributed by atoms with E-state index in [1.165, 1.54) is 27.0 Å². The van der Waals surface area contributed by atoms with Crippen LogP contribution in [0.1, 0.15) is 35.1 Å².